The molecule has 142 valence electrons. The Labute approximate surface area is 150 Å². The summed E-state index contributed by atoms with van der Waals surface area (Å²) in [7, 11) is -3.21. The number of nitrogens with two attached hydrogens (primary N) is 1. The molecule has 1 rings (SSSR count). The molecule has 0 heterocycles. The summed E-state index contributed by atoms with van der Waals surface area (Å²) in [5.41, 5.74) is 6.97. The van der Waals surface area contributed by atoms with Crippen molar-refractivity contribution < 1.29 is 12.8 Å². The number of halogens is 1. The van der Waals surface area contributed by atoms with Crippen LogP contribution in [-0.2, 0) is 22.1 Å². The SMILES string of the molecule is CC(C)CCCC(C)NC(N)=NCc1cc(F)ccc1CS(C)(=O)=O. The van der Waals surface area contributed by atoms with Gasteiger partial charge in [-0.3, -0.25) is 0 Å². The van der Waals surface area contributed by atoms with E-state index in [2.05, 4.69) is 24.2 Å². The van der Waals surface area contributed by atoms with Gasteiger partial charge >= 0.3 is 0 Å². The number of hydrogen-bond acceptors (Lipinski definition) is 3. The lowest BCUT2D eigenvalue weighted by Crippen LogP contribution is -2.38. The van der Waals surface area contributed by atoms with E-state index in [1.54, 1.807) is 0 Å². The fourth-order valence-corrected chi connectivity index (χ4v) is 3.38. The van der Waals surface area contributed by atoms with Crippen LogP contribution in [0.3, 0.4) is 0 Å². The van der Waals surface area contributed by atoms with Gasteiger partial charge in [0.1, 0.15) is 5.82 Å². The van der Waals surface area contributed by atoms with Crippen LogP contribution in [0, 0.1) is 11.7 Å². The zero-order chi connectivity index (χ0) is 19.0. The summed E-state index contributed by atoms with van der Waals surface area (Å²) >= 11 is 0. The highest BCUT2D eigenvalue weighted by atomic mass is 32.2. The molecule has 0 saturated carbocycles. The Bertz CT molecular complexity index is 688. The maximum Gasteiger partial charge on any atom is 0.189 e. The molecule has 1 atom stereocenters. The molecule has 3 N–H and O–H groups in total. The molecule has 0 aliphatic rings. The van der Waals surface area contributed by atoms with E-state index in [1.165, 1.54) is 24.6 Å². The molecule has 0 aliphatic heterocycles. The van der Waals surface area contributed by atoms with E-state index in [9.17, 15) is 12.8 Å². The third kappa shape index (κ3) is 9.43. The van der Waals surface area contributed by atoms with Gasteiger partial charge in [-0.15, -0.1) is 0 Å². The van der Waals surface area contributed by atoms with Crippen molar-refractivity contribution in [2.75, 3.05) is 6.26 Å². The van der Waals surface area contributed by atoms with E-state index in [-0.39, 0.29) is 24.3 Å². The molecular formula is C18H30FN3O2S. The number of sulfone groups is 1. The van der Waals surface area contributed by atoms with E-state index >= 15 is 0 Å². The second-order valence-corrected chi connectivity index (χ2v) is 9.19. The molecular weight excluding hydrogens is 341 g/mol. The minimum atomic E-state index is -3.21. The van der Waals surface area contributed by atoms with Gasteiger partial charge in [0.05, 0.1) is 12.3 Å². The van der Waals surface area contributed by atoms with Crippen LogP contribution in [0.2, 0.25) is 0 Å². The first-order valence-electron chi connectivity index (χ1n) is 8.58. The van der Waals surface area contributed by atoms with Gasteiger partial charge in [0.15, 0.2) is 15.8 Å². The average Bonchev–Trinajstić information content (AvgIpc) is 2.45. The zero-order valence-electron chi connectivity index (χ0n) is 15.5. The number of guanidine groups is 1. The molecule has 0 radical (unpaired) electrons. The first-order valence-corrected chi connectivity index (χ1v) is 10.6. The van der Waals surface area contributed by atoms with Gasteiger partial charge in [0, 0.05) is 12.3 Å². The Morgan fingerprint density at radius 3 is 2.52 bits per heavy atom. The van der Waals surface area contributed by atoms with Crippen molar-refractivity contribution in [2.24, 2.45) is 16.6 Å². The molecule has 25 heavy (non-hydrogen) atoms. The highest BCUT2D eigenvalue weighted by Crippen LogP contribution is 2.15. The van der Waals surface area contributed by atoms with Crippen LogP contribution in [0.15, 0.2) is 23.2 Å². The summed E-state index contributed by atoms with van der Waals surface area (Å²) in [6, 6.07) is 4.25. The lowest BCUT2D eigenvalue weighted by atomic mass is 10.0. The number of nitrogens with one attached hydrogen (secondary N) is 1. The summed E-state index contributed by atoms with van der Waals surface area (Å²) in [6.45, 7) is 6.57. The van der Waals surface area contributed by atoms with Crippen molar-refractivity contribution in [1.29, 1.82) is 0 Å². The first-order chi connectivity index (χ1) is 11.6. The van der Waals surface area contributed by atoms with Crippen molar-refractivity contribution in [1.82, 2.24) is 5.32 Å². The molecule has 0 saturated heterocycles. The second kappa shape index (κ2) is 9.75. The molecule has 0 fully saturated rings. The lowest BCUT2D eigenvalue weighted by Gasteiger charge is -2.15. The maximum atomic E-state index is 13.5. The molecule has 0 aliphatic carbocycles. The van der Waals surface area contributed by atoms with Crippen molar-refractivity contribution >= 4 is 15.8 Å². The minimum Gasteiger partial charge on any atom is -0.370 e. The highest BCUT2D eigenvalue weighted by molar-refractivity contribution is 7.89. The second-order valence-electron chi connectivity index (χ2n) is 7.05. The number of hydrogen-bond donors (Lipinski definition) is 2. The Morgan fingerprint density at radius 2 is 1.92 bits per heavy atom. The quantitative estimate of drug-likeness (QED) is 0.516. The summed E-state index contributed by atoms with van der Waals surface area (Å²) < 4.78 is 36.5. The van der Waals surface area contributed by atoms with Crippen LogP contribution >= 0.6 is 0 Å². The summed E-state index contributed by atoms with van der Waals surface area (Å²) in [6.07, 6.45) is 4.43. The lowest BCUT2D eigenvalue weighted by molar-refractivity contribution is 0.493. The smallest absolute Gasteiger partial charge is 0.189 e. The summed E-state index contributed by atoms with van der Waals surface area (Å²) in [4.78, 5) is 4.23. The van der Waals surface area contributed by atoms with E-state index < -0.39 is 15.7 Å². The third-order valence-corrected chi connectivity index (χ3v) is 4.65. The third-order valence-electron chi connectivity index (χ3n) is 3.82. The predicted octanol–water partition coefficient (Wildman–Crippen LogP) is 2.99. The fourth-order valence-electron chi connectivity index (χ4n) is 2.54. The van der Waals surface area contributed by atoms with Crippen LogP contribution in [0.25, 0.3) is 0 Å². The molecule has 1 aromatic carbocycles. The normalized spacial score (nSPS) is 13.9. The first kappa shape index (κ1) is 21.4. The van der Waals surface area contributed by atoms with Crippen LogP contribution in [0.5, 0.6) is 0 Å². The van der Waals surface area contributed by atoms with E-state index in [0.717, 1.165) is 19.1 Å². The Balaban J connectivity index is 2.68. The van der Waals surface area contributed by atoms with Gasteiger partial charge in [0.2, 0.25) is 0 Å². The molecule has 1 aromatic rings. The number of rotatable bonds is 9. The Hall–Kier alpha value is -1.63. The highest BCUT2D eigenvalue weighted by Gasteiger charge is 2.11. The van der Waals surface area contributed by atoms with Crippen LogP contribution in [-0.4, -0.2) is 26.7 Å². The fraction of sp³-hybridized carbons (Fsp3) is 0.611. The molecule has 0 amide bonds. The van der Waals surface area contributed by atoms with Gasteiger partial charge < -0.3 is 11.1 Å². The average molecular weight is 372 g/mol. The topological polar surface area (TPSA) is 84.5 Å². The van der Waals surface area contributed by atoms with Crippen molar-refractivity contribution in [3.05, 3.63) is 35.1 Å². The maximum absolute atomic E-state index is 13.5. The minimum absolute atomic E-state index is 0.139. The molecule has 5 nitrogen and oxygen atoms in total. The Kier molecular flexibility index (Phi) is 8.35. The van der Waals surface area contributed by atoms with Crippen LogP contribution in [0.4, 0.5) is 4.39 Å². The van der Waals surface area contributed by atoms with Gasteiger partial charge in [-0.2, -0.15) is 0 Å². The monoisotopic (exact) mass is 371 g/mol. The largest absolute Gasteiger partial charge is 0.370 e. The standard InChI is InChI=1S/C18H30FN3O2S/c1-13(2)6-5-7-14(3)22-18(20)21-11-16-10-17(19)9-8-15(16)12-25(4,23)24/h8-10,13-14H,5-7,11-12H2,1-4H3,(H3,20,21,22). The molecule has 1 unspecified atom stereocenters. The van der Waals surface area contributed by atoms with Crippen molar-refractivity contribution in [2.45, 2.75) is 58.4 Å². The van der Waals surface area contributed by atoms with Gasteiger partial charge in [0.25, 0.3) is 0 Å². The summed E-state index contributed by atoms with van der Waals surface area (Å²) in [5.74, 6) is 0.402. The number of benzene rings is 1. The van der Waals surface area contributed by atoms with Crippen LogP contribution in [0.1, 0.15) is 51.2 Å². The van der Waals surface area contributed by atoms with Gasteiger partial charge in [-0.1, -0.05) is 32.8 Å². The molecule has 0 bridgehead atoms. The zero-order valence-corrected chi connectivity index (χ0v) is 16.4. The molecule has 7 heteroatoms. The van der Waals surface area contributed by atoms with Crippen molar-refractivity contribution in [3.63, 3.8) is 0 Å². The molecule has 0 spiro atoms. The Morgan fingerprint density at radius 1 is 1.24 bits per heavy atom. The van der Waals surface area contributed by atoms with Crippen LogP contribution < -0.4 is 11.1 Å². The van der Waals surface area contributed by atoms with E-state index in [4.69, 9.17) is 5.73 Å². The number of aliphatic imine (C=N–C) groups is 1. The van der Waals surface area contributed by atoms with E-state index in [0.29, 0.717) is 17.0 Å². The van der Waals surface area contributed by atoms with Gasteiger partial charge in [-0.05, 0) is 42.5 Å². The molecule has 0 aromatic heterocycles. The van der Waals surface area contributed by atoms with Crippen molar-refractivity contribution in [3.8, 4) is 0 Å². The summed E-state index contributed by atoms with van der Waals surface area (Å²) in [5, 5.41) is 3.12. The number of nitrogens with zero attached hydrogens (tertiary/aromatic N) is 1. The van der Waals surface area contributed by atoms with E-state index in [1.807, 2.05) is 6.92 Å². The predicted molar refractivity (Wildman–Crippen MR) is 102 cm³/mol. The van der Waals surface area contributed by atoms with Gasteiger partial charge in [-0.25, -0.2) is 17.8 Å².